The van der Waals surface area contributed by atoms with Crippen molar-refractivity contribution in [3.63, 3.8) is 0 Å². The van der Waals surface area contributed by atoms with Crippen molar-refractivity contribution in [2.75, 3.05) is 19.6 Å². The van der Waals surface area contributed by atoms with E-state index in [9.17, 15) is 13.6 Å². The predicted molar refractivity (Wildman–Crippen MR) is 83.0 cm³/mol. The van der Waals surface area contributed by atoms with Crippen LogP contribution in [0.5, 0.6) is 0 Å². The van der Waals surface area contributed by atoms with Crippen LogP contribution >= 0.6 is 12.4 Å². The molecule has 1 spiro atoms. The van der Waals surface area contributed by atoms with Crippen LogP contribution in [0, 0.1) is 23.0 Å². The van der Waals surface area contributed by atoms with Crippen LogP contribution < -0.4 is 10.6 Å². The molecule has 122 valence electrons. The van der Waals surface area contributed by atoms with Gasteiger partial charge in [0.1, 0.15) is 11.6 Å². The molecule has 1 saturated heterocycles. The molecule has 1 amide bonds. The quantitative estimate of drug-likeness (QED) is 0.890. The summed E-state index contributed by atoms with van der Waals surface area (Å²) >= 11 is 0. The number of amides is 1. The molecule has 0 aromatic heterocycles. The van der Waals surface area contributed by atoms with E-state index in [0.29, 0.717) is 18.5 Å². The van der Waals surface area contributed by atoms with E-state index in [1.807, 2.05) is 0 Å². The minimum Gasteiger partial charge on any atom is -0.356 e. The maximum atomic E-state index is 13.5. The van der Waals surface area contributed by atoms with Gasteiger partial charge in [0.25, 0.3) is 0 Å². The van der Waals surface area contributed by atoms with E-state index in [-0.39, 0.29) is 29.6 Å². The molecule has 2 fully saturated rings. The van der Waals surface area contributed by atoms with Gasteiger partial charge in [-0.25, -0.2) is 8.78 Å². The molecule has 1 aliphatic carbocycles. The van der Waals surface area contributed by atoms with Gasteiger partial charge in [-0.3, -0.25) is 4.79 Å². The summed E-state index contributed by atoms with van der Waals surface area (Å²) in [5.74, 6) is -0.703. The third-order valence-corrected chi connectivity index (χ3v) is 4.81. The fourth-order valence-electron chi connectivity index (χ4n) is 3.37. The Labute approximate surface area is 135 Å². The van der Waals surface area contributed by atoms with Crippen molar-refractivity contribution in [1.29, 1.82) is 0 Å². The Morgan fingerprint density at radius 3 is 2.77 bits per heavy atom. The Balaban J connectivity index is 0.00000176. The van der Waals surface area contributed by atoms with Gasteiger partial charge in [0.2, 0.25) is 5.91 Å². The molecule has 0 bridgehead atoms. The normalized spacial score (nSPS) is 22.0. The summed E-state index contributed by atoms with van der Waals surface area (Å²) in [7, 11) is 0. The molecular formula is C16H21ClF2N2O. The Bertz CT molecular complexity index is 547. The summed E-state index contributed by atoms with van der Waals surface area (Å²) in [4.78, 5) is 12.1. The van der Waals surface area contributed by atoms with Crippen LogP contribution in [0.3, 0.4) is 0 Å². The van der Waals surface area contributed by atoms with Gasteiger partial charge in [0.15, 0.2) is 0 Å². The second-order valence-corrected chi connectivity index (χ2v) is 6.15. The first-order chi connectivity index (χ1) is 10.1. The zero-order chi connectivity index (χ0) is 14.9. The first kappa shape index (κ1) is 17.2. The second-order valence-electron chi connectivity index (χ2n) is 6.15. The maximum Gasteiger partial charge on any atom is 0.223 e. The van der Waals surface area contributed by atoms with Gasteiger partial charge in [-0.05, 0) is 68.0 Å². The number of benzene rings is 1. The summed E-state index contributed by atoms with van der Waals surface area (Å²) in [5.41, 5.74) is 0.516. The molecule has 1 aromatic carbocycles. The molecule has 3 nitrogen and oxygen atoms in total. The predicted octanol–water partition coefficient (Wildman–Crippen LogP) is 2.44. The Hall–Kier alpha value is -1.20. The number of carbonyl (C=O) groups excluding carboxylic acids is 1. The molecule has 3 rings (SSSR count). The van der Waals surface area contributed by atoms with Crippen molar-refractivity contribution in [1.82, 2.24) is 10.6 Å². The van der Waals surface area contributed by atoms with Crippen LogP contribution in [0.15, 0.2) is 18.2 Å². The number of carbonyl (C=O) groups is 1. The van der Waals surface area contributed by atoms with Crippen LogP contribution in [0.4, 0.5) is 8.78 Å². The van der Waals surface area contributed by atoms with Crippen LogP contribution in [-0.2, 0) is 11.2 Å². The zero-order valence-corrected chi connectivity index (χ0v) is 13.1. The summed E-state index contributed by atoms with van der Waals surface area (Å²) in [5, 5.41) is 6.17. The molecule has 1 aromatic rings. The number of piperidine rings is 1. The topological polar surface area (TPSA) is 41.1 Å². The van der Waals surface area contributed by atoms with Gasteiger partial charge in [0, 0.05) is 12.5 Å². The van der Waals surface area contributed by atoms with E-state index in [2.05, 4.69) is 10.6 Å². The number of nitrogens with one attached hydrogen (secondary N) is 2. The molecule has 1 aliphatic heterocycles. The lowest BCUT2D eigenvalue weighted by Gasteiger charge is -2.23. The highest BCUT2D eigenvalue weighted by Crippen LogP contribution is 2.58. The molecule has 1 heterocycles. The van der Waals surface area contributed by atoms with Gasteiger partial charge in [-0.15, -0.1) is 12.4 Å². The van der Waals surface area contributed by atoms with E-state index in [1.54, 1.807) is 0 Å². The summed E-state index contributed by atoms with van der Waals surface area (Å²) in [6.07, 6.45) is 3.40. The van der Waals surface area contributed by atoms with Gasteiger partial charge in [-0.1, -0.05) is 0 Å². The van der Waals surface area contributed by atoms with Crippen LogP contribution in [0.1, 0.15) is 24.8 Å². The van der Waals surface area contributed by atoms with E-state index >= 15 is 0 Å². The van der Waals surface area contributed by atoms with Crippen LogP contribution in [0.25, 0.3) is 0 Å². The minimum atomic E-state index is -0.450. The molecular weight excluding hydrogens is 310 g/mol. The Morgan fingerprint density at radius 2 is 2.05 bits per heavy atom. The average molecular weight is 331 g/mol. The Kier molecular flexibility index (Phi) is 5.40. The number of halogens is 3. The SMILES string of the molecule is Cl.O=C(NCCc1cc(F)ccc1F)C1CC12CCNCC2. The van der Waals surface area contributed by atoms with Gasteiger partial charge in [0.05, 0.1) is 0 Å². The molecule has 1 saturated carbocycles. The smallest absolute Gasteiger partial charge is 0.223 e. The number of rotatable bonds is 4. The van der Waals surface area contributed by atoms with Crippen molar-refractivity contribution < 1.29 is 13.6 Å². The molecule has 0 radical (unpaired) electrons. The third kappa shape index (κ3) is 3.58. The van der Waals surface area contributed by atoms with Crippen molar-refractivity contribution >= 4 is 18.3 Å². The Morgan fingerprint density at radius 1 is 1.32 bits per heavy atom. The molecule has 6 heteroatoms. The fraction of sp³-hybridized carbons (Fsp3) is 0.562. The van der Waals surface area contributed by atoms with E-state index in [0.717, 1.165) is 44.5 Å². The minimum absolute atomic E-state index is 0. The second kappa shape index (κ2) is 6.92. The van der Waals surface area contributed by atoms with E-state index in [1.165, 1.54) is 6.07 Å². The third-order valence-electron chi connectivity index (χ3n) is 4.81. The summed E-state index contributed by atoms with van der Waals surface area (Å²) < 4.78 is 26.5. The highest BCUT2D eigenvalue weighted by Gasteiger charge is 2.57. The maximum absolute atomic E-state index is 13.5. The van der Waals surface area contributed by atoms with Crippen molar-refractivity contribution in [2.24, 2.45) is 11.3 Å². The fourth-order valence-corrected chi connectivity index (χ4v) is 3.37. The highest BCUT2D eigenvalue weighted by atomic mass is 35.5. The zero-order valence-electron chi connectivity index (χ0n) is 12.3. The molecule has 2 N–H and O–H groups in total. The van der Waals surface area contributed by atoms with Crippen LogP contribution in [0.2, 0.25) is 0 Å². The molecule has 22 heavy (non-hydrogen) atoms. The first-order valence-corrected chi connectivity index (χ1v) is 7.53. The molecule has 1 atom stereocenters. The first-order valence-electron chi connectivity index (χ1n) is 7.53. The number of hydrogen-bond acceptors (Lipinski definition) is 2. The van der Waals surface area contributed by atoms with Crippen molar-refractivity contribution in [3.05, 3.63) is 35.4 Å². The van der Waals surface area contributed by atoms with E-state index in [4.69, 9.17) is 0 Å². The standard InChI is InChI=1S/C16H20F2N2O.ClH/c17-12-1-2-14(18)11(9-12)3-6-20-15(21)13-10-16(13)4-7-19-8-5-16;/h1-2,9,13,19H,3-8,10H2,(H,20,21);1H. The van der Waals surface area contributed by atoms with Crippen LogP contribution in [-0.4, -0.2) is 25.5 Å². The summed E-state index contributed by atoms with van der Waals surface area (Å²) in [6, 6.07) is 3.41. The van der Waals surface area contributed by atoms with Gasteiger partial charge in [-0.2, -0.15) is 0 Å². The van der Waals surface area contributed by atoms with Crippen molar-refractivity contribution in [3.8, 4) is 0 Å². The van der Waals surface area contributed by atoms with Crippen molar-refractivity contribution in [2.45, 2.75) is 25.7 Å². The lowest BCUT2D eigenvalue weighted by molar-refractivity contribution is -0.123. The monoisotopic (exact) mass is 330 g/mol. The summed E-state index contributed by atoms with van der Waals surface area (Å²) in [6.45, 7) is 2.32. The number of hydrogen-bond donors (Lipinski definition) is 2. The largest absolute Gasteiger partial charge is 0.356 e. The molecule has 2 aliphatic rings. The molecule has 1 unspecified atom stereocenters. The lowest BCUT2D eigenvalue weighted by Crippen LogP contribution is -2.34. The lowest BCUT2D eigenvalue weighted by atomic mass is 9.92. The average Bonchev–Trinajstić information content (AvgIpc) is 3.17. The van der Waals surface area contributed by atoms with Gasteiger partial charge < -0.3 is 10.6 Å². The highest BCUT2D eigenvalue weighted by molar-refractivity contribution is 5.85. The van der Waals surface area contributed by atoms with Gasteiger partial charge >= 0.3 is 0 Å². The van der Waals surface area contributed by atoms with E-state index < -0.39 is 11.6 Å².